The van der Waals surface area contributed by atoms with Crippen LogP contribution in [-0.2, 0) is 9.53 Å². The molecule has 2 heteroatoms. The van der Waals surface area contributed by atoms with Crippen LogP contribution in [0.5, 0.6) is 0 Å². The lowest BCUT2D eigenvalue weighted by atomic mass is 9.88. The van der Waals surface area contributed by atoms with Gasteiger partial charge in [0.25, 0.3) is 0 Å². The molecule has 0 spiro atoms. The van der Waals surface area contributed by atoms with E-state index in [-0.39, 0.29) is 5.97 Å². The Morgan fingerprint density at radius 1 is 0.769 bits per heavy atom. The van der Waals surface area contributed by atoms with E-state index in [0.717, 1.165) is 32.1 Å². The lowest BCUT2D eigenvalue weighted by Crippen LogP contribution is -2.26. The topological polar surface area (TPSA) is 26.3 Å². The van der Waals surface area contributed by atoms with Gasteiger partial charge in [0.05, 0.1) is 12.0 Å². The predicted octanol–water partition coefficient (Wildman–Crippen LogP) is 7.33. The van der Waals surface area contributed by atoms with Gasteiger partial charge in [0.1, 0.15) is 0 Å². The summed E-state index contributed by atoms with van der Waals surface area (Å²) in [5.41, 5.74) is -0.397. The molecule has 0 saturated heterocycles. The molecule has 0 saturated carbocycles. The van der Waals surface area contributed by atoms with Crippen molar-refractivity contribution in [2.45, 2.75) is 85.5 Å². The average molecular weight is 361 g/mol. The highest BCUT2D eigenvalue weighted by atomic mass is 16.5. The van der Waals surface area contributed by atoms with E-state index in [9.17, 15) is 4.79 Å². The van der Waals surface area contributed by atoms with Crippen LogP contribution in [0.3, 0.4) is 0 Å². The third-order valence-electron chi connectivity index (χ3n) is 4.22. The summed E-state index contributed by atoms with van der Waals surface area (Å²) in [7, 11) is 0. The first-order valence-corrected chi connectivity index (χ1v) is 10.3. The summed E-state index contributed by atoms with van der Waals surface area (Å²) in [4.78, 5) is 11.8. The Balaban J connectivity index is 3.70. The fourth-order valence-corrected chi connectivity index (χ4v) is 2.43. The first-order chi connectivity index (χ1) is 12.5. The van der Waals surface area contributed by atoms with Crippen molar-refractivity contribution in [2.24, 2.45) is 5.41 Å². The van der Waals surface area contributed by atoms with Gasteiger partial charge in [0.2, 0.25) is 0 Å². The number of esters is 1. The van der Waals surface area contributed by atoms with E-state index in [2.05, 4.69) is 55.5 Å². The van der Waals surface area contributed by atoms with Gasteiger partial charge in [0.15, 0.2) is 0 Å². The summed E-state index contributed by atoms with van der Waals surface area (Å²) in [5, 5.41) is 0. The first-order valence-electron chi connectivity index (χ1n) is 10.3. The Bertz CT molecular complexity index is 453. The largest absolute Gasteiger partial charge is 0.466 e. The van der Waals surface area contributed by atoms with Gasteiger partial charge in [-0.3, -0.25) is 4.79 Å². The van der Waals surface area contributed by atoms with Crippen molar-refractivity contribution in [3.8, 4) is 0 Å². The summed E-state index contributed by atoms with van der Waals surface area (Å²) in [6.07, 6.45) is 27.6. The minimum atomic E-state index is -0.397. The number of carbonyl (C=O) groups is 1. The molecule has 0 radical (unpaired) electrons. The van der Waals surface area contributed by atoms with Crippen LogP contribution in [0.25, 0.3) is 0 Å². The van der Waals surface area contributed by atoms with Gasteiger partial charge < -0.3 is 4.74 Å². The van der Waals surface area contributed by atoms with Crippen LogP contribution < -0.4 is 0 Å². The van der Waals surface area contributed by atoms with Crippen molar-refractivity contribution in [3.05, 3.63) is 48.6 Å². The van der Waals surface area contributed by atoms with Crippen LogP contribution in [0.4, 0.5) is 0 Å². The zero-order valence-electron chi connectivity index (χ0n) is 17.5. The number of carbonyl (C=O) groups excluding carboxylic acids is 1. The van der Waals surface area contributed by atoms with Crippen LogP contribution in [0.1, 0.15) is 85.5 Å². The van der Waals surface area contributed by atoms with Crippen LogP contribution in [-0.4, -0.2) is 12.6 Å². The van der Waals surface area contributed by atoms with Gasteiger partial charge in [-0.1, -0.05) is 68.4 Å². The molecule has 148 valence electrons. The molecule has 0 fully saturated rings. The normalized spacial score (nSPS) is 12.9. The van der Waals surface area contributed by atoms with Gasteiger partial charge in [-0.25, -0.2) is 0 Å². The van der Waals surface area contributed by atoms with Crippen molar-refractivity contribution >= 4 is 5.97 Å². The number of rotatable bonds is 15. The van der Waals surface area contributed by atoms with E-state index in [1.807, 2.05) is 20.8 Å². The Hall–Kier alpha value is -1.57. The number of hydrogen-bond acceptors (Lipinski definition) is 2. The monoisotopic (exact) mass is 360 g/mol. The summed E-state index contributed by atoms with van der Waals surface area (Å²) in [6.45, 7) is 8.44. The number of ether oxygens (including phenoxy) is 1. The van der Waals surface area contributed by atoms with E-state index in [1.165, 1.54) is 25.7 Å². The van der Waals surface area contributed by atoms with Gasteiger partial charge in [-0.15, -0.1) is 0 Å². The second-order valence-electron chi connectivity index (χ2n) is 7.23. The highest BCUT2D eigenvalue weighted by Gasteiger charge is 2.27. The Morgan fingerprint density at radius 3 is 1.77 bits per heavy atom. The van der Waals surface area contributed by atoms with E-state index in [0.29, 0.717) is 6.61 Å². The SMILES string of the molecule is CCCCC/C=C\C/C=C\C/C=C\C/C=C\CCC(C)(C)C(=O)OCC. The number of allylic oxidation sites excluding steroid dienone is 8. The highest BCUT2D eigenvalue weighted by Crippen LogP contribution is 2.24. The van der Waals surface area contributed by atoms with Crippen LogP contribution >= 0.6 is 0 Å². The molecule has 0 aliphatic carbocycles. The minimum absolute atomic E-state index is 0.101. The molecule has 0 heterocycles. The van der Waals surface area contributed by atoms with Gasteiger partial charge >= 0.3 is 5.97 Å². The summed E-state index contributed by atoms with van der Waals surface area (Å²) < 4.78 is 5.10. The molecule has 0 aromatic carbocycles. The third kappa shape index (κ3) is 14.7. The zero-order chi connectivity index (χ0) is 19.5. The van der Waals surface area contributed by atoms with Gasteiger partial charge in [-0.2, -0.15) is 0 Å². The molecule has 0 N–H and O–H groups in total. The Morgan fingerprint density at radius 2 is 1.27 bits per heavy atom. The lowest BCUT2D eigenvalue weighted by molar-refractivity contribution is -0.153. The second kappa shape index (κ2) is 16.9. The molecule has 0 unspecified atom stereocenters. The molecule has 0 aromatic heterocycles. The molecule has 0 aromatic rings. The maximum absolute atomic E-state index is 11.8. The second-order valence-corrected chi connectivity index (χ2v) is 7.23. The van der Waals surface area contributed by atoms with E-state index in [1.54, 1.807) is 0 Å². The molecule has 2 nitrogen and oxygen atoms in total. The summed E-state index contributed by atoms with van der Waals surface area (Å²) in [6, 6.07) is 0. The molecular weight excluding hydrogens is 320 g/mol. The van der Waals surface area contributed by atoms with E-state index in [4.69, 9.17) is 4.74 Å². The van der Waals surface area contributed by atoms with Crippen molar-refractivity contribution in [1.82, 2.24) is 0 Å². The molecule has 0 aliphatic rings. The van der Waals surface area contributed by atoms with E-state index >= 15 is 0 Å². The molecule has 0 aliphatic heterocycles. The maximum atomic E-state index is 11.8. The molecule has 0 amide bonds. The molecule has 26 heavy (non-hydrogen) atoms. The van der Waals surface area contributed by atoms with Crippen LogP contribution in [0.15, 0.2) is 48.6 Å². The molecule has 0 rings (SSSR count). The summed E-state index contributed by atoms with van der Waals surface area (Å²) in [5.74, 6) is -0.101. The van der Waals surface area contributed by atoms with Crippen molar-refractivity contribution in [1.29, 1.82) is 0 Å². The van der Waals surface area contributed by atoms with Crippen molar-refractivity contribution < 1.29 is 9.53 Å². The number of unbranched alkanes of at least 4 members (excludes halogenated alkanes) is 3. The predicted molar refractivity (Wildman–Crippen MR) is 114 cm³/mol. The fraction of sp³-hybridized carbons (Fsp3) is 0.625. The number of hydrogen-bond donors (Lipinski definition) is 0. The Labute approximate surface area is 162 Å². The average Bonchev–Trinajstić information content (AvgIpc) is 2.61. The summed E-state index contributed by atoms with van der Waals surface area (Å²) >= 11 is 0. The van der Waals surface area contributed by atoms with Crippen molar-refractivity contribution in [2.75, 3.05) is 6.61 Å². The van der Waals surface area contributed by atoms with Crippen LogP contribution in [0.2, 0.25) is 0 Å². The smallest absolute Gasteiger partial charge is 0.311 e. The first kappa shape index (κ1) is 24.4. The molecule has 0 bridgehead atoms. The van der Waals surface area contributed by atoms with Gasteiger partial charge in [0, 0.05) is 0 Å². The quantitative estimate of drug-likeness (QED) is 0.173. The van der Waals surface area contributed by atoms with Crippen LogP contribution in [0, 0.1) is 5.41 Å². The zero-order valence-corrected chi connectivity index (χ0v) is 17.5. The molecular formula is C24H40O2. The van der Waals surface area contributed by atoms with Crippen molar-refractivity contribution in [3.63, 3.8) is 0 Å². The lowest BCUT2D eigenvalue weighted by Gasteiger charge is -2.21. The van der Waals surface area contributed by atoms with Gasteiger partial charge in [-0.05, 0) is 65.7 Å². The maximum Gasteiger partial charge on any atom is 0.311 e. The Kier molecular flexibility index (Phi) is 15.9. The fourth-order valence-electron chi connectivity index (χ4n) is 2.43. The van der Waals surface area contributed by atoms with E-state index < -0.39 is 5.41 Å². The standard InChI is InChI=1S/C24H40O2/c1-5-7-8-9-10-11-12-13-14-15-16-17-18-19-20-21-22-24(3,4)23(25)26-6-2/h10-11,13-14,16-17,19-20H,5-9,12,15,18,21-22H2,1-4H3/b11-10-,14-13-,17-16-,20-19-. The minimum Gasteiger partial charge on any atom is -0.466 e. The molecule has 0 atom stereocenters. The highest BCUT2D eigenvalue weighted by molar-refractivity contribution is 5.75. The third-order valence-corrected chi connectivity index (χ3v) is 4.22.